The summed E-state index contributed by atoms with van der Waals surface area (Å²) >= 11 is 0. The van der Waals surface area contributed by atoms with Crippen molar-refractivity contribution in [3.63, 3.8) is 0 Å². The lowest BCUT2D eigenvalue weighted by atomic mass is 9.82. The molecule has 1 amide bonds. The molecule has 2 aliphatic rings. The van der Waals surface area contributed by atoms with Gasteiger partial charge in [-0.15, -0.1) is 0 Å². The van der Waals surface area contributed by atoms with Crippen LogP contribution in [0.2, 0.25) is 0 Å². The first-order valence-electron chi connectivity index (χ1n) is 14.3. The van der Waals surface area contributed by atoms with E-state index in [-0.39, 0.29) is 31.5 Å². The van der Waals surface area contributed by atoms with Crippen LogP contribution in [0.5, 0.6) is 17.2 Å². The Morgan fingerprint density at radius 1 is 1.07 bits per heavy atom. The van der Waals surface area contributed by atoms with Gasteiger partial charge in [0.25, 0.3) is 5.69 Å². The van der Waals surface area contributed by atoms with Crippen LogP contribution in [0.15, 0.2) is 66.7 Å². The Morgan fingerprint density at radius 3 is 2.51 bits per heavy atom. The minimum atomic E-state index is -0.960. The first kappa shape index (κ1) is 29.8. The maximum absolute atomic E-state index is 13.9. The van der Waals surface area contributed by atoms with Gasteiger partial charge in [-0.1, -0.05) is 43.7 Å². The van der Waals surface area contributed by atoms with E-state index < -0.39 is 28.8 Å². The first-order chi connectivity index (χ1) is 20.8. The molecular formula is C32H35N3O8. The van der Waals surface area contributed by atoms with Gasteiger partial charge in [-0.3, -0.25) is 24.6 Å². The molecule has 11 nitrogen and oxygen atoms in total. The lowest BCUT2D eigenvalue weighted by Gasteiger charge is -2.30. The zero-order chi connectivity index (χ0) is 30.5. The number of nitrogens with zero attached hydrogens (tertiary/aromatic N) is 3. The van der Waals surface area contributed by atoms with E-state index in [1.54, 1.807) is 42.3 Å². The Hall–Kier alpha value is -4.64. The molecule has 3 atom stereocenters. The van der Waals surface area contributed by atoms with Crippen molar-refractivity contribution in [2.75, 3.05) is 33.5 Å². The third-order valence-corrected chi connectivity index (χ3v) is 8.13. The van der Waals surface area contributed by atoms with Crippen LogP contribution in [0.4, 0.5) is 5.69 Å². The summed E-state index contributed by atoms with van der Waals surface area (Å²) in [6, 6.07) is 18.5. The molecule has 0 radical (unpaired) electrons. The Morgan fingerprint density at radius 2 is 1.81 bits per heavy atom. The summed E-state index contributed by atoms with van der Waals surface area (Å²) in [5, 5.41) is 21.9. The molecule has 0 bridgehead atoms. The summed E-state index contributed by atoms with van der Waals surface area (Å²) in [6.45, 7) is 3.16. The van der Waals surface area contributed by atoms with Crippen LogP contribution in [-0.4, -0.2) is 65.2 Å². The molecule has 1 N–H and O–H groups in total. The largest absolute Gasteiger partial charge is 0.497 e. The SMILES string of the molecule is CCCCN(Cc1cccc([N+](=O)[O-])c1)C(=O)CN1C[C@H](c2ccc3c(c2)OCO3)[C@H](C(=O)O)[C@H]1c1ccc(OC)cc1. The van der Waals surface area contributed by atoms with E-state index >= 15 is 0 Å². The van der Waals surface area contributed by atoms with Gasteiger partial charge in [-0.25, -0.2) is 0 Å². The second-order valence-corrected chi connectivity index (χ2v) is 10.8. The monoisotopic (exact) mass is 589 g/mol. The fraction of sp³-hybridized carbons (Fsp3) is 0.375. The summed E-state index contributed by atoms with van der Waals surface area (Å²) in [4.78, 5) is 41.3. The van der Waals surface area contributed by atoms with Crippen LogP contribution in [0.1, 0.15) is 48.4 Å². The number of carboxylic acids is 1. The number of ether oxygens (including phenoxy) is 3. The van der Waals surface area contributed by atoms with E-state index in [4.69, 9.17) is 14.2 Å². The number of benzene rings is 3. The predicted molar refractivity (Wildman–Crippen MR) is 157 cm³/mol. The highest BCUT2D eigenvalue weighted by atomic mass is 16.7. The lowest BCUT2D eigenvalue weighted by Crippen LogP contribution is -2.41. The number of likely N-dealkylation sites (tertiary alicyclic amines) is 1. The van der Waals surface area contributed by atoms with Crippen molar-refractivity contribution in [2.24, 2.45) is 5.92 Å². The molecular weight excluding hydrogens is 554 g/mol. The summed E-state index contributed by atoms with van der Waals surface area (Å²) < 4.78 is 16.3. The molecule has 0 aliphatic carbocycles. The van der Waals surface area contributed by atoms with Crippen LogP contribution in [0.25, 0.3) is 0 Å². The normalized spacial score (nSPS) is 19.3. The molecule has 1 fully saturated rings. The molecule has 2 aliphatic heterocycles. The average Bonchev–Trinajstić information content (AvgIpc) is 3.64. The number of methoxy groups -OCH3 is 1. The number of aliphatic carboxylic acids is 1. The number of carbonyl (C=O) groups excluding carboxylic acids is 1. The number of nitro groups is 1. The molecule has 0 saturated carbocycles. The predicted octanol–water partition coefficient (Wildman–Crippen LogP) is 5.00. The van der Waals surface area contributed by atoms with Gasteiger partial charge < -0.3 is 24.2 Å². The number of nitro benzene ring substituents is 1. The van der Waals surface area contributed by atoms with E-state index in [2.05, 4.69) is 0 Å². The highest BCUT2D eigenvalue weighted by Gasteiger charge is 2.48. The number of non-ortho nitro benzene ring substituents is 1. The molecule has 0 unspecified atom stereocenters. The van der Waals surface area contributed by atoms with Crippen molar-refractivity contribution >= 4 is 17.6 Å². The van der Waals surface area contributed by atoms with E-state index in [0.717, 1.165) is 24.0 Å². The Kier molecular flexibility index (Phi) is 9.10. The minimum absolute atomic E-state index is 0.0137. The molecule has 5 rings (SSSR count). The van der Waals surface area contributed by atoms with Crippen molar-refractivity contribution in [1.82, 2.24) is 9.80 Å². The number of unbranched alkanes of at least 4 members (excludes halogenated alkanes) is 1. The maximum Gasteiger partial charge on any atom is 0.309 e. The summed E-state index contributed by atoms with van der Waals surface area (Å²) in [5.74, 6) is -0.576. The number of carbonyl (C=O) groups is 2. The van der Waals surface area contributed by atoms with E-state index in [0.29, 0.717) is 35.9 Å². The Bertz CT molecular complexity index is 1480. The van der Waals surface area contributed by atoms with Crippen LogP contribution in [0.3, 0.4) is 0 Å². The van der Waals surface area contributed by atoms with E-state index in [1.165, 1.54) is 12.1 Å². The second-order valence-electron chi connectivity index (χ2n) is 10.8. The van der Waals surface area contributed by atoms with Crippen molar-refractivity contribution in [2.45, 2.75) is 38.3 Å². The summed E-state index contributed by atoms with van der Waals surface area (Å²) in [6.07, 6.45) is 1.63. The molecule has 0 spiro atoms. The van der Waals surface area contributed by atoms with Crippen LogP contribution >= 0.6 is 0 Å². The van der Waals surface area contributed by atoms with Gasteiger partial charge in [0.1, 0.15) is 5.75 Å². The number of hydrogen-bond acceptors (Lipinski definition) is 8. The van der Waals surface area contributed by atoms with Crippen LogP contribution in [0, 0.1) is 16.0 Å². The van der Waals surface area contributed by atoms with Gasteiger partial charge in [0, 0.05) is 43.7 Å². The van der Waals surface area contributed by atoms with Crippen molar-refractivity contribution in [3.8, 4) is 17.2 Å². The number of hydrogen-bond donors (Lipinski definition) is 1. The molecule has 11 heteroatoms. The van der Waals surface area contributed by atoms with Gasteiger partial charge >= 0.3 is 5.97 Å². The topological polar surface area (TPSA) is 132 Å². The fourth-order valence-corrected chi connectivity index (χ4v) is 5.98. The van der Waals surface area contributed by atoms with Gasteiger partial charge in [-0.05, 0) is 47.4 Å². The standard InChI is InChI=1S/C32H35N3O8/c1-3-4-14-33(17-21-6-5-7-24(15-21)35(39)40)29(36)19-34-18-26(23-10-13-27-28(16-23)43-20-42-27)30(32(37)38)31(34)22-8-11-25(41-2)12-9-22/h5-13,15-16,26,30-31H,3-4,14,17-20H2,1-2H3,(H,37,38)/t26-,30+,31-/m1/s1. The lowest BCUT2D eigenvalue weighted by molar-refractivity contribution is -0.384. The van der Waals surface area contributed by atoms with Crippen LogP contribution in [-0.2, 0) is 16.1 Å². The van der Waals surface area contributed by atoms with Crippen LogP contribution < -0.4 is 14.2 Å². The zero-order valence-corrected chi connectivity index (χ0v) is 24.2. The number of amides is 1. The smallest absolute Gasteiger partial charge is 0.309 e. The molecule has 43 heavy (non-hydrogen) atoms. The average molecular weight is 590 g/mol. The van der Waals surface area contributed by atoms with Crippen molar-refractivity contribution in [3.05, 3.63) is 93.5 Å². The minimum Gasteiger partial charge on any atom is -0.497 e. The highest BCUT2D eigenvalue weighted by molar-refractivity contribution is 5.79. The Balaban J connectivity index is 1.47. The second kappa shape index (κ2) is 13.1. The van der Waals surface area contributed by atoms with Crippen molar-refractivity contribution < 1.29 is 33.8 Å². The maximum atomic E-state index is 13.9. The number of rotatable bonds is 12. The van der Waals surface area contributed by atoms with Gasteiger partial charge in [-0.2, -0.15) is 0 Å². The first-order valence-corrected chi connectivity index (χ1v) is 14.3. The van der Waals surface area contributed by atoms with E-state index in [9.17, 15) is 24.8 Å². The molecule has 2 heterocycles. The van der Waals surface area contributed by atoms with Gasteiger partial charge in [0.05, 0.1) is 24.5 Å². The zero-order valence-electron chi connectivity index (χ0n) is 24.2. The van der Waals surface area contributed by atoms with Gasteiger partial charge in [0.15, 0.2) is 11.5 Å². The number of fused-ring (bicyclic) bond motifs is 1. The highest BCUT2D eigenvalue weighted by Crippen LogP contribution is 2.47. The van der Waals surface area contributed by atoms with E-state index in [1.807, 2.05) is 36.1 Å². The molecule has 0 aromatic heterocycles. The Labute approximate surface area is 249 Å². The number of carboxylic acid groups (broad SMARTS) is 1. The fourth-order valence-electron chi connectivity index (χ4n) is 5.98. The molecule has 3 aromatic carbocycles. The third kappa shape index (κ3) is 6.56. The van der Waals surface area contributed by atoms with Gasteiger partial charge in [0.2, 0.25) is 12.7 Å². The quantitative estimate of drug-likeness (QED) is 0.229. The van der Waals surface area contributed by atoms with Crippen molar-refractivity contribution in [1.29, 1.82) is 0 Å². The third-order valence-electron chi connectivity index (χ3n) is 8.13. The summed E-state index contributed by atoms with van der Waals surface area (Å²) in [5.41, 5.74) is 2.19. The summed E-state index contributed by atoms with van der Waals surface area (Å²) in [7, 11) is 1.57. The molecule has 226 valence electrons. The molecule has 1 saturated heterocycles. The molecule has 3 aromatic rings.